The van der Waals surface area contributed by atoms with E-state index in [-0.39, 0.29) is 17.5 Å². The Bertz CT molecular complexity index is 774. The normalized spacial score (nSPS) is 15.5. The number of H-pyrrole nitrogens is 1. The summed E-state index contributed by atoms with van der Waals surface area (Å²) in [5.41, 5.74) is 0.191. The Morgan fingerprint density at radius 1 is 1.32 bits per heavy atom. The van der Waals surface area contributed by atoms with Crippen LogP contribution in [-0.2, 0) is 13.0 Å². The van der Waals surface area contributed by atoms with Crippen molar-refractivity contribution in [2.45, 2.75) is 39.3 Å². The molecule has 3 rings (SSSR count). The first-order chi connectivity index (χ1) is 12.0. The minimum absolute atomic E-state index is 0.223. The van der Waals surface area contributed by atoms with Crippen molar-refractivity contribution in [3.8, 4) is 0 Å². The fraction of sp³-hybridized carbons (Fsp3) is 0.529. The molecule has 2 aromatic rings. The molecule has 0 fully saturated rings. The highest BCUT2D eigenvalue weighted by Crippen LogP contribution is 2.22. The monoisotopic (exact) mass is 344 g/mol. The van der Waals surface area contributed by atoms with E-state index in [4.69, 9.17) is 0 Å². The second kappa shape index (κ2) is 7.60. The number of fused-ring (bicyclic) bond motifs is 1. The van der Waals surface area contributed by atoms with E-state index in [0.717, 1.165) is 44.1 Å². The second-order valence-corrected chi connectivity index (χ2v) is 6.72. The predicted molar refractivity (Wildman–Crippen MR) is 93.3 cm³/mol. The summed E-state index contributed by atoms with van der Waals surface area (Å²) in [6.07, 6.45) is 3.02. The van der Waals surface area contributed by atoms with Crippen LogP contribution in [0.4, 0.5) is 0 Å². The van der Waals surface area contributed by atoms with Gasteiger partial charge in [0.05, 0.1) is 11.6 Å². The van der Waals surface area contributed by atoms with Crippen molar-refractivity contribution in [2.75, 3.05) is 13.1 Å². The lowest BCUT2D eigenvalue weighted by Crippen LogP contribution is -2.32. The maximum Gasteiger partial charge on any atom is 0.253 e. The topological polar surface area (TPSA) is 105 Å². The molecule has 25 heavy (non-hydrogen) atoms. The zero-order valence-corrected chi connectivity index (χ0v) is 14.6. The SMILES string of the molecule is CC(C)C[C@H](NC(=O)c1ccc(=O)[nH]c1)c1nnc2n1CCNCC2. The van der Waals surface area contributed by atoms with Gasteiger partial charge in [-0.3, -0.25) is 9.59 Å². The van der Waals surface area contributed by atoms with Gasteiger partial charge in [0.25, 0.3) is 5.91 Å². The molecule has 0 saturated heterocycles. The van der Waals surface area contributed by atoms with Gasteiger partial charge in [0.1, 0.15) is 5.82 Å². The number of pyridine rings is 1. The van der Waals surface area contributed by atoms with Crippen LogP contribution in [0.3, 0.4) is 0 Å². The Hall–Kier alpha value is -2.48. The van der Waals surface area contributed by atoms with Crippen LogP contribution in [0.15, 0.2) is 23.1 Å². The van der Waals surface area contributed by atoms with Crippen molar-refractivity contribution in [1.29, 1.82) is 0 Å². The van der Waals surface area contributed by atoms with Gasteiger partial charge in [0.2, 0.25) is 5.56 Å². The van der Waals surface area contributed by atoms with Gasteiger partial charge < -0.3 is 20.2 Å². The molecule has 0 spiro atoms. The molecule has 1 amide bonds. The van der Waals surface area contributed by atoms with Crippen molar-refractivity contribution in [3.05, 3.63) is 45.9 Å². The fourth-order valence-electron chi connectivity index (χ4n) is 3.05. The van der Waals surface area contributed by atoms with E-state index in [1.807, 2.05) is 0 Å². The van der Waals surface area contributed by atoms with Gasteiger partial charge in [-0.25, -0.2) is 0 Å². The Kier molecular flexibility index (Phi) is 5.28. The molecule has 1 aliphatic rings. The Morgan fingerprint density at radius 2 is 2.16 bits per heavy atom. The number of nitrogens with one attached hydrogen (secondary N) is 3. The maximum absolute atomic E-state index is 12.6. The standard InChI is InChI=1S/C17H24N6O2/c1-11(2)9-13(20-17(25)12-3-4-15(24)19-10-12)16-22-21-14-5-6-18-7-8-23(14)16/h3-4,10-11,13,18H,5-9H2,1-2H3,(H,19,24)(H,20,25)/t13-/m0/s1. The van der Waals surface area contributed by atoms with Crippen LogP contribution in [0.25, 0.3) is 0 Å². The quantitative estimate of drug-likeness (QED) is 0.738. The number of aromatic amines is 1. The van der Waals surface area contributed by atoms with E-state index in [9.17, 15) is 9.59 Å². The van der Waals surface area contributed by atoms with Crippen LogP contribution in [0.1, 0.15) is 48.3 Å². The molecule has 134 valence electrons. The van der Waals surface area contributed by atoms with Crippen molar-refractivity contribution < 1.29 is 4.79 Å². The maximum atomic E-state index is 12.6. The minimum atomic E-state index is -0.231. The highest BCUT2D eigenvalue weighted by Gasteiger charge is 2.25. The first kappa shape index (κ1) is 17.3. The van der Waals surface area contributed by atoms with E-state index in [1.54, 1.807) is 0 Å². The lowest BCUT2D eigenvalue weighted by atomic mass is 10.0. The summed E-state index contributed by atoms with van der Waals surface area (Å²) in [5, 5.41) is 15.1. The molecule has 0 radical (unpaired) electrons. The molecule has 0 bridgehead atoms. The largest absolute Gasteiger partial charge is 0.342 e. The van der Waals surface area contributed by atoms with Gasteiger partial charge in [-0.1, -0.05) is 13.8 Å². The third kappa shape index (κ3) is 4.14. The third-order valence-corrected chi connectivity index (χ3v) is 4.26. The lowest BCUT2D eigenvalue weighted by Gasteiger charge is -2.21. The molecule has 0 unspecified atom stereocenters. The highest BCUT2D eigenvalue weighted by molar-refractivity contribution is 5.94. The summed E-state index contributed by atoms with van der Waals surface area (Å²) in [5.74, 6) is 1.90. The molecule has 3 N–H and O–H groups in total. The Balaban J connectivity index is 1.85. The minimum Gasteiger partial charge on any atom is -0.342 e. The summed E-state index contributed by atoms with van der Waals surface area (Å²) in [4.78, 5) is 26.3. The van der Waals surface area contributed by atoms with Crippen molar-refractivity contribution in [2.24, 2.45) is 5.92 Å². The lowest BCUT2D eigenvalue weighted by molar-refractivity contribution is 0.0928. The number of aromatic nitrogens is 4. The summed E-state index contributed by atoms with van der Waals surface area (Å²) in [6, 6.07) is 2.65. The number of hydrogen-bond donors (Lipinski definition) is 3. The van der Waals surface area contributed by atoms with Crippen molar-refractivity contribution >= 4 is 5.91 Å². The third-order valence-electron chi connectivity index (χ3n) is 4.26. The Labute approximate surface area is 146 Å². The summed E-state index contributed by atoms with van der Waals surface area (Å²) >= 11 is 0. The van der Waals surface area contributed by atoms with Gasteiger partial charge in [-0.05, 0) is 18.4 Å². The number of rotatable bonds is 5. The molecular formula is C17H24N6O2. The van der Waals surface area contributed by atoms with Crippen LogP contribution in [0.5, 0.6) is 0 Å². The smallest absolute Gasteiger partial charge is 0.253 e. The van der Waals surface area contributed by atoms with Crippen LogP contribution in [0.2, 0.25) is 0 Å². The molecule has 1 aliphatic heterocycles. The summed E-state index contributed by atoms with van der Waals surface area (Å²) in [7, 11) is 0. The van der Waals surface area contributed by atoms with E-state index in [0.29, 0.717) is 11.5 Å². The zero-order valence-electron chi connectivity index (χ0n) is 14.6. The van der Waals surface area contributed by atoms with Gasteiger partial charge >= 0.3 is 0 Å². The molecule has 0 saturated carbocycles. The van der Waals surface area contributed by atoms with Crippen molar-refractivity contribution in [1.82, 2.24) is 30.4 Å². The molecule has 0 aromatic carbocycles. The number of hydrogen-bond acceptors (Lipinski definition) is 5. The van der Waals surface area contributed by atoms with Gasteiger partial charge in [0.15, 0.2) is 5.82 Å². The highest BCUT2D eigenvalue weighted by atomic mass is 16.2. The molecule has 0 aliphatic carbocycles. The molecule has 8 heteroatoms. The average molecular weight is 344 g/mol. The summed E-state index contributed by atoms with van der Waals surface area (Å²) < 4.78 is 2.11. The van der Waals surface area contributed by atoms with E-state index < -0.39 is 0 Å². The van der Waals surface area contributed by atoms with Crippen LogP contribution in [-0.4, -0.2) is 38.7 Å². The van der Waals surface area contributed by atoms with Gasteiger partial charge in [0, 0.05) is 38.3 Å². The first-order valence-electron chi connectivity index (χ1n) is 8.67. The predicted octanol–water partition coefficient (Wildman–Crippen LogP) is 0.629. The average Bonchev–Trinajstić information content (AvgIpc) is 2.83. The molecular weight excluding hydrogens is 320 g/mol. The molecule has 1 atom stereocenters. The van der Waals surface area contributed by atoms with Crippen molar-refractivity contribution in [3.63, 3.8) is 0 Å². The van der Waals surface area contributed by atoms with Gasteiger partial charge in [-0.2, -0.15) is 0 Å². The molecule has 8 nitrogen and oxygen atoms in total. The van der Waals surface area contributed by atoms with Crippen LogP contribution >= 0.6 is 0 Å². The van der Waals surface area contributed by atoms with Crippen LogP contribution < -0.4 is 16.2 Å². The van der Waals surface area contributed by atoms with E-state index in [2.05, 4.69) is 44.2 Å². The second-order valence-electron chi connectivity index (χ2n) is 6.72. The number of amides is 1. The molecule has 3 heterocycles. The number of nitrogens with zero attached hydrogens (tertiary/aromatic N) is 3. The van der Waals surface area contributed by atoms with E-state index >= 15 is 0 Å². The first-order valence-corrected chi connectivity index (χ1v) is 8.67. The molecule has 2 aromatic heterocycles. The van der Waals surface area contributed by atoms with Gasteiger partial charge in [-0.15, -0.1) is 10.2 Å². The Morgan fingerprint density at radius 3 is 2.88 bits per heavy atom. The number of carbonyl (C=O) groups excluding carboxylic acids is 1. The van der Waals surface area contributed by atoms with Crippen LogP contribution in [0, 0.1) is 5.92 Å². The zero-order chi connectivity index (χ0) is 17.8. The fourth-order valence-corrected chi connectivity index (χ4v) is 3.05. The number of carbonyl (C=O) groups is 1. The summed E-state index contributed by atoms with van der Waals surface area (Å²) in [6.45, 7) is 6.76. The van der Waals surface area contributed by atoms with E-state index in [1.165, 1.54) is 18.3 Å².